The predicted octanol–water partition coefficient (Wildman–Crippen LogP) is 7.92. The van der Waals surface area contributed by atoms with Crippen molar-refractivity contribution in [1.29, 1.82) is 0 Å². The predicted molar refractivity (Wildman–Crippen MR) is 175 cm³/mol. The average molecular weight is 611 g/mol. The third-order valence-electron chi connectivity index (χ3n) is 7.97. The lowest BCUT2D eigenvalue weighted by atomic mass is 9.93. The maximum absolute atomic E-state index is 13.1. The van der Waals surface area contributed by atoms with E-state index in [2.05, 4.69) is 32.3 Å². The van der Waals surface area contributed by atoms with Crippen LogP contribution in [0.1, 0.15) is 75.2 Å². The summed E-state index contributed by atoms with van der Waals surface area (Å²) in [7, 11) is 0. The molecule has 4 aromatic rings. The number of nitrogens with one attached hydrogen (secondary N) is 2. The molecule has 5 rings (SSSR count). The lowest BCUT2D eigenvalue weighted by Crippen LogP contribution is -2.42. The molecule has 3 aromatic carbocycles. The summed E-state index contributed by atoms with van der Waals surface area (Å²) in [5, 5.41) is 5.95. The van der Waals surface area contributed by atoms with Crippen LogP contribution in [0.5, 0.6) is 0 Å². The van der Waals surface area contributed by atoms with E-state index in [9.17, 15) is 14.4 Å². The van der Waals surface area contributed by atoms with Crippen LogP contribution in [0.2, 0.25) is 0 Å². The number of fused-ring (bicyclic) bond motifs is 1. The number of aromatic nitrogens is 2. The van der Waals surface area contributed by atoms with E-state index >= 15 is 0 Å². The summed E-state index contributed by atoms with van der Waals surface area (Å²) in [5.41, 5.74) is 5.72. The smallest absolute Gasteiger partial charge is 0.411 e. The van der Waals surface area contributed by atoms with Gasteiger partial charge in [-0.15, -0.1) is 0 Å². The number of rotatable bonds is 10. The quantitative estimate of drug-likeness (QED) is 0.139. The molecule has 0 bridgehead atoms. The Kier molecular flexibility index (Phi) is 10.2. The Morgan fingerprint density at radius 3 is 2.47 bits per heavy atom. The summed E-state index contributed by atoms with van der Waals surface area (Å²) in [6.07, 6.45) is 7.11. The fourth-order valence-electron chi connectivity index (χ4n) is 5.75. The van der Waals surface area contributed by atoms with Crippen molar-refractivity contribution in [3.63, 3.8) is 0 Å². The molecular formula is C36H42N4O5. The van der Waals surface area contributed by atoms with Crippen LogP contribution in [0.15, 0.2) is 73.1 Å². The molecule has 45 heavy (non-hydrogen) atoms. The van der Waals surface area contributed by atoms with Crippen LogP contribution in [-0.2, 0) is 22.4 Å². The third kappa shape index (κ3) is 8.94. The molecule has 0 atom stereocenters. The molecule has 1 fully saturated rings. The van der Waals surface area contributed by atoms with E-state index in [-0.39, 0.29) is 12.1 Å². The fourth-order valence-corrected chi connectivity index (χ4v) is 5.75. The van der Waals surface area contributed by atoms with Gasteiger partial charge in [0.05, 0.1) is 23.0 Å². The number of hydrogen-bond acceptors (Lipinski definition) is 6. The molecule has 0 saturated heterocycles. The zero-order valence-electron chi connectivity index (χ0n) is 26.3. The normalized spacial score (nSPS) is 16.6. The highest BCUT2D eigenvalue weighted by Crippen LogP contribution is 2.30. The van der Waals surface area contributed by atoms with Crippen molar-refractivity contribution in [2.75, 3.05) is 5.32 Å². The first-order valence-electron chi connectivity index (χ1n) is 15.7. The van der Waals surface area contributed by atoms with Gasteiger partial charge >= 0.3 is 12.2 Å². The largest absolute Gasteiger partial charge is 0.446 e. The van der Waals surface area contributed by atoms with Gasteiger partial charge in [0, 0.05) is 23.7 Å². The number of alkyl carbamates (subject to hydrolysis) is 1. The SMILES string of the molecule is CC(C)(C)OC(=O)N[C@H]1CC[C@H](OC(=O)Nc2cc(CCCCn3cnc4cc(C=O)ccc43)ccc2-c2ccccc2)CC1. The summed E-state index contributed by atoms with van der Waals surface area (Å²) < 4.78 is 13.3. The number of ether oxygens (including phenoxy) is 2. The van der Waals surface area contributed by atoms with E-state index in [1.54, 1.807) is 0 Å². The minimum atomic E-state index is -0.543. The van der Waals surface area contributed by atoms with Gasteiger partial charge in [-0.2, -0.15) is 0 Å². The number of amides is 2. The molecule has 9 heteroatoms. The second-order valence-corrected chi connectivity index (χ2v) is 12.7. The molecular weight excluding hydrogens is 568 g/mol. The van der Waals surface area contributed by atoms with Crippen LogP contribution in [0.4, 0.5) is 15.3 Å². The molecule has 0 unspecified atom stereocenters. The number of anilines is 1. The first-order chi connectivity index (χ1) is 21.7. The van der Waals surface area contributed by atoms with Crippen LogP contribution >= 0.6 is 0 Å². The van der Waals surface area contributed by atoms with E-state index in [4.69, 9.17) is 9.47 Å². The van der Waals surface area contributed by atoms with Crippen molar-refractivity contribution in [3.8, 4) is 11.1 Å². The molecule has 1 saturated carbocycles. The number of unbranched alkanes of at least 4 members (excludes halogenated alkanes) is 1. The minimum absolute atomic E-state index is 0.00643. The second-order valence-electron chi connectivity index (χ2n) is 12.7. The van der Waals surface area contributed by atoms with Gasteiger partial charge < -0.3 is 19.4 Å². The topological polar surface area (TPSA) is 112 Å². The average Bonchev–Trinajstić information content (AvgIpc) is 3.42. The first kappa shape index (κ1) is 31.8. The zero-order valence-corrected chi connectivity index (χ0v) is 26.3. The van der Waals surface area contributed by atoms with Crippen LogP contribution < -0.4 is 10.6 Å². The molecule has 1 aliphatic rings. The van der Waals surface area contributed by atoms with Crippen molar-refractivity contribution in [1.82, 2.24) is 14.9 Å². The number of benzene rings is 3. The maximum Gasteiger partial charge on any atom is 0.411 e. The van der Waals surface area contributed by atoms with Crippen molar-refractivity contribution in [2.45, 2.75) is 90.0 Å². The summed E-state index contributed by atoms with van der Waals surface area (Å²) in [5.74, 6) is 0. The third-order valence-corrected chi connectivity index (χ3v) is 7.97. The van der Waals surface area contributed by atoms with Crippen molar-refractivity contribution in [3.05, 3.63) is 84.2 Å². The highest BCUT2D eigenvalue weighted by Gasteiger charge is 2.27. The molecule has 1 aliphatic carbocycles. The number of aldehydes is 1. The van der Waals surface area contributed by atoms with Crippen LogP contribution in [0.25, 0.3) is 22.2 Å². The molecule has 1 heterocycles. The Morgan fingerprint density at radius 2 is 1.73 bits per heavy atom. The molecule has 0 radical (unpaired) electrons. The van der Waals surface area contributed by atoms with Gasteiger partial charge in [-0.25, -0.2) is 14.6 Å². The van der Waals surface area contributed by atoms with E-state index < -0.39 is 17.8 Å². The van der Waals surface area contributed by atoms with Gasteiger partial charge in [0.15, 0.2) is 0 Å². The van der Waals surface area contributed by atoms with Crippen LogP contribution in [0.3, 0.4) is 0 Å². The number of aryl methyl sites for hydroxylation is 2. The first-order valence-corrected chi connectivity index (χ1v) is 15.7. The lowest BCUT2D eigenvalue weighted by molar-refractivity contribution is 0.0440. The van der Waals surface area contributed by atoms with Crippen LogP contribution in [0, 0.1) is 0 Å². The molecule has 0 spiro atoms. The Labute approximate surface area is 264 Å². The molecule has 236 valence electrons. The number of imidazole rings is 1. The Bertz CT molecular complexity index is 1620. The Balaban J connectivity index is 1.16. The molecule has 2 N–H and O–H groups in total. The monoisotopic (exact) mass is 610 g/mol. The highest BCUT2D eigenvalue weighted by atomic mass is 16.6. The fraction of sp³-hybridized carbons (Fsp3) is 0.389. The van der Waals surface area contributed by atoms with Gasteiger partial charge in [-0.05, 0) is 101 Å². The number of nitrogens with zero attached hydrogens (tertiary/aromatic N) is 2. The molecule has 9 nitrogen and oxygen atoms in total. The van der Waals surface area contributed by atoms with Crippen molar-refractivity contribution in [2.24, 2.45) is 0 Å². The Hall–Kier alpha value is -4.66. The molecule has 0 aliphatic heterocycles. The number of carbonyl (C=O) groups excluding carboxylic acids is 3. The number of hydrogen-bond donors (Lipinski definition) is 2. The molecule has 1 aromatic heterocycles. The van der Waals surface area contributed by atoms with Gasteiger partial charge in [-0.1, -0.05) is 42.5 Å². The van der Waals surface area contributed by atoms with Gasteiger partial charge in [-0.3, -0.25) is 10.1 Å². The summed E-state index contributed by atoms with van der Waals surface area (Å²) in [6.45, 7) is 6.34. The van der Waals surface area contributed by atoms with E-state index in [0.29, 0.717) is 18.4 Å². The second kappa shape index (κ2) is 14.4. The van der Waals surface area contributed by atoms with Crippen LogP contribution in [-0.4, -0.2) is 45.8 Å². The van der Waals surface area contributed by atoms with E-state index in [1.165, 1.54) is 0 Å². The van der Waals surface area contributed by atoms with Gasteiger partial charge in [0.1, 0.15) is 18.0 Å². The zero-order chi connectivity index (χ0) is 31.8. The van der Waals surface area contributed by atoms with Gasteiger partial charge in [0.25, 0.3) is 0 Å². The highest BCUT2D eigenvalue weighted by molar-refractivity contribution is 5.92. The summed E-state index contributed by atoms with van der Waals surface area (Å²) in [6, 6.07) is 21.8. The van der Waals surface area contributed by atoms with Crippen molar-refractivity contribution >= 4 is 35.2 Å². The standard InChI is InChI=1S/C36H42N4O5/c1-36(2,3)45-35(43)38-28-14-16-29(17-15-28)44-34(42)39-31-21-25(12-18-30(31)27-10-5-4-6-11-27)9-7-8-20-40-24-37-32-22-26(23-41)13-19-33(32)40/h4-6,10-13,18-19,21-24,28-29H,7-9,14-17,20H2,1-3H3,(H,38,43)(H,39,42)/t28-,29-. The van der Waals surface area contributed by atoms with Crippen molar-refractivity contribution < 1.29 is 23.9 Å². The Morgan fingerprint density at radius 1 is 0.956 bits per heavy atom. The summed E-state index contributed by atoms with van der Waals surface area (Å²) in [4.78, 5) is 40.7. The maximum atomic E-state index is 13.1. The summed E-state index contributed by atoms with van der Waals surface area (Å²) >= 11 is 0. The molecule has 2 amide bonds. The number of carbonyl (C=O) groups is 3. The lowest BCUT2D eigenvalue weighted by Gasteiger charge is -2.30. The van der Waals surface area contributed by atoms with Gasteiger partial charge in [0.2, 0.25) is 0 Å². The van der Waals surface area contributed by atoms with E-state index in [0.717, 1.165) is 78.3 Å². The van der Waals surface area contributed by atoms with E-state index in [1.807, 2.05) is 81.7 Å². The minimum Gasteiger partial charge on any atom is -0.446 e.